The highest BCUT2D eigenvalue weighted by Crippen LogP contribution is 2.21. The quantitative estimate of drug-likeness (QED) is 0.361. The number of aliphatic imine (C=N–C) groups is 1. The summed E-state index contributed by atoms with van der Waals surface area (Å²) in [5.41, 5.74) is 1.97. The van der Waals surface area contributed by atoms with Crippen molar-refractivity contribution in [1.29, 1.82) is 0 Å². The summed E-state index contributed by atoms with van der Waals surface area (Å²) >= 11 is 0. The number of halogens is 1. The lowest BCUT2D eigenvalue weighted by Gasteiger charge is -2.17. The molecule has 2 fully saturated rings. The average Bonchev–Trinajstić information content (AvgIpc) is 3.18. The Morgan fingerprint density at radius 3 is 2.59 bits per heavy atom. The molecule has 2 aliphatic rings. The molecule has 0 radical (unpaired) electrons. The van der Waals surface area contributed by atoms with Gasteiger partial charge in [0.05, 0.1) is 18.1 Å². The van der Waals surface area contributed by atoms with Crippen LogP contribution in [-0.2, 0) is 21.2 Å². The molecule has 1 atom stereocenters. The molecule has 1 aromatic rings. The van der Waals surface area contributed by atoms with E-state index in [1.165, 1.54) is 0 Å². The molecular formula is C18H27IN4O3S. The topological polar surface area (TPSA) is 90.9 Å². The Morgan fingerprint density at radius 2 is 2.04 bits per heavy atom. The Bertz CT molecular complexity index is 780. The van der Waals surface area contributed by atoms with Gasteiger partial charge < -0.3 is 15.5 Å². The first-order valence-corrected chi connectivity index (χ1v) is 10.9. The second kappa shape index (κ2) is 9.72. The number of guanidine groups is 1. The first-order chi connectivity index (χ1) is 12.5. The molecule has 2 heterocycles. The second-order valence-electron chi connectivity index (χ2n) is 6.75. The third kappa shape index (κ3) is 6.06. The third-order valence-corrected chi connectivity index (χ3v) is 6.43. The minimum absolute atomic E-state index is 0. The van der Waals surface area contributed by atoms with Crippen LogP contribution in [0.1, 0.15) is 31.7 Å². The van der Waals surface area contributed by atoms with Gasteiger partial charge in [-0.15, -0.1) is 24.0 Å². The zero-order valence-electron chi connectivity index (χ0n) is 15.5. The Morgan fingerprint density at radius 1 is 1.30 bits per heavy atom. The van der Waals surface area contributed by atoms with Gasteiger partial charge in [-0.3, -0.25) is 4.79 Å². The van der Waals surface area contributed by atoms with E-state index in [2.05, 4.69) is 15.6 Å². The number of nitrogens with zero attached hydrogens (tertiary/aromatic N) is 2. The lowest BCUT2D eigenvalue weighted by molar-refractivity contribution is -0.117. The van der Waals surface area contributed by atoms with Crippen LogP contribution in [0.25, 0.3) is 0 Å². The van der Waals surface area contributed by atoms with Crippen molar-refractivity contribution in [2.75, 3.05) is 29.5 Å². The zero-order chi connectivity index (χ0) is 18.6. The number of hydrogen-bond acceptors (Lipinski definition) is 4. The summed E-state index contributed by atoms with van der Waals surface area (Å²) in [5.74, 6) is 1.21. The third-order valence-electron chi connectivity index (χ3n) is 4.66. The van der Waals surface area contributed by atoms with E-state index in [-0.39, 0.29) is 47.4 Å². The predicted molar refractivity (Wildman–Crippen MR) is 118 cm³/mol. The highest BCUT2D eigenvalue weighted by molar-refractivity contribution is 14.0. The molecule has 9 heteroatoms. The molecule has 3 rings (SSSR count). The van der Waals surface area contributed by atoms with Gasteiger partial charge in [-0.25, -0.2) is 13.4 Å². The van der Waals surface area contributed by atoms with Crippen molar-refractivity contribution in [2.24, 2.45) is 4.99 Å². The fourth-order valence-corrected chi connectivity index (χ4v) is 4.97. The summed E-state index contributed by atoms with van der Waals surface area (Å²) in [4.78, 5) is 18.2. The van der Waals surface area contributed by atoms with Crippen molar-refractivity contribution in [3.8, 4) is 0 Å². The normalized spacial score (nSPS) is 21.8. The number of nitrogens with one attached hydrogen (secondary N) is 2. The van der Waals surface area contributed by atoms with E-state index in [0.717, 1.165) is 24.2 Å². The van der Waals surface area contributed by atoms with Crippen LogP contribution in [0, 0.1) is 0 Å². The SMILES string of the molecule is CCNC(=NCc1ccc(N2CCCC2=O)cc1)NC1CCS(=O)(=O)C1.I. The van der Waals surface area contributed by atoms with E-state index in [1.54, 1.807) is 0 Å². The fourth-order valence-electron chi connectivity index (χ4n) is 3.30. The van der Waals surface area contributed by atoms with E-state index in [9.17, 15) is 13.2 Å². The summed E-state index contributed by atoms with van der Waals surface area (Å²) in [5, 5.41) is 6.37. The molecule has 2 saturated heterocycles. The van der Waals surface area contributed by atoms with E-state index < -0.39 is 9.84 Å². The highest BCUT2D eigenvalue weighted by Gasteiger charge is 2.28. The van der Waals surface area contributed by atoms with Crippen LogP contribution < -0.4 is 15.5 Å². The van der Waals surface area contributed by atoms with Crippen LogP contribution in [-0.4, -0.2) is 50.9 Å². The molecule has 0 saturated carbocycles. The lowest BCUT2D eigenvalue weighted by atomic mass is 10.2. The number of anilines is 1. The molecule has 27 heavy (non-hydrogen) atoms. The van der Waals surface area contributed by atoms with Gasteiger partial charge >= 0.3 is 0 Å². The smallest absolute Gasteiger partial charge is 0.227 e. The van der Waals surface area contributed by atoms with Gasteiger partial charge in [0.25, 0.3) is 0 Å². The number of amides is 1. The van der Waals surface area contributed by atoms with E-state index in [1.807, 2.05) is 36.1 Å². The molecule has 1 unspecified atom stereocenters. The van der Waals surface area contributed by atoms with Gasteiger partial charge in [0.1, 0.15) is 0 Å². The molecular weight excluding hydrogens is 479 g/mol. The Hall–Kier alpha value is -1.36. The average molecular weight is 506 g/mol. The number of sulfone groups is 1. The summed E-state index contributed by atoms with van der Waals surface area (Å²) < 4.78 is 23.2. The van der Waals surface area contributed by atoms with Crippen molar-refractivity contribution < 1.29 is 13.2 Å². The number of carbonyl (C=O) groups excluding carboxylic acids is 1. The van der Waals surface area contributed by atoms with Crippen LogP contribution in [0.5, 0.6) is 0 Å². The van der Waals surface area contributed by atoms with Gasteiger partial charge in [0, 0.05) is 31.2 Å². The number of hydrogen-bond donors (Lipinski definition) is 2. The predicted octanol–water partition coefficient (Wildman–Crippen LogP) is 1.67. The van der Waals surface area contributed by atoms with E-state index in [4.69, 9.17) is 0 Å². The summed E-state index contributed by atoms with van der Waals surface area (Å²) in [7, 11) is -2.92. The lowest BCUT2D eigenvalue weighted by Crippen LogP contribution is -2.44. The van der Waals surface area contributed by atoms with E-state index >= 15 is 0 Å². The van der Waals surface area contributed by atoms with Crippen molar-refractivity contribution >= 4 is 51.4 Å². The molecule has 1 aromatic carbocycles. The van der Waals surface area contributed by atoms with Gasteiger partial charge in [-0.1, -0.05) is 12.1 Å². The largest absolute Gasteiger partial charge is 0.357 e. The molecule has 2 aliphatic heterocycles. The monoisotopic (exact) mass is 506 g/mol. The van der Waals surface area contributed by atoms with Crippen LogP contribution in [0.4, 0.5) is 5.69 Å². The van der Waals surface area contributed by atoms with Crippen molar-refractivity contribution in [2.45, 2.75) is 38.8 Å². The van der Waals surface area contributed by atoms with Gasteiger partial charge in [-0.05, 0) is 37.5 Å². The maximum absolute atomic E-state index is 11.8. The minimum atomic E-state index is -2.92. The van der Waals surface area contributed by atoms with Crippen LogP contribution >= 0.6 is 24.0 Å². The van der Waals surface area contributed by atoms with Crippen LogP contribution in [0.3, 0.4) is 0 Å². The molecule has 150 valence electrons. The van der Waals surface area contributed by atoms with E-state index in [0.29, 0.717) is 31.9 Å². The Balaban J connectivity index is 0.00000261. The Kier molecular flexibility index (Phi) is 7.90. The van der Waals surface area contributed by atoms with Crippen molar-refractivity contribution in [1.82, 2.24) is 10.6 Å². The standard InChI is InChI=1S/C18H26N4O3S.HI/c1-2-19-18(21-15-9-11-26(24,25)13-15)20-12-14-5-7-16(8-6-14)22-10-3-4-17(22)23;/h5-8,15H,2-4,9-13H2,1H3,(H2,19,20,21);1H. The maximum Gasteiger partial charge on any atom is 0.227 e. The number of rotatable bonds is 5. The van der Waals surface area contributed by atoms with Gasteiger partial charge in [0.15, 0.2) is 15.8 Å². The van der Waals surface area contributed by atoms with Crippen LogP contribution in [0.2, 0.25) is 0 Å². The summed E-state index contributed by atoms with van der Waals surface area (Å²) in [6.45, 7) is 3.96. The maximum atomic E-state index is 11.8. The molecule has 2 N–H and O–H groups in total. The number of carbonyl (C=O) groups is 1. The van der Waals surface area contributed by atoms with Crippen molar-refractivity contribution in [3.63, 3.8) is 0 Å². The summed E-state index contributed by atoms with van der Waals surface area (Å²) in [6.07, 6.45) is 2.16. The highest BCUT2D eigenvalue weighted by atomic mass is 127. The first-order valence-electron chi connectivity index (χ1n) is 9.11. The molecule has 0 bridgehead atoms. The molecule has 0 aliphatic carbocycles. The summed E-state index contributed by atoms with van der Waals surface area (Å²) in [6, 6.07) is 7.79. The molecule has 0 spiro atoms. The second-order valence-corrected chi connectivity index (χ2v) is 8.98. The molecule has 7 nitrogen and oxygen atoms in total. The molecule has 1 amide bonds. The first kappa shape index (κ1) is 21.9. The van der Waals surface area contributed by atoms with Gasteiger partial charge in [0.2, 0.25) is 5.91 Å². The number of benzene rings is 1. The van der Waals surface area contributed by atoms with Crippen LogP contribution in [0.15, 0.2) is 29.3 Å². The van der Waals surface area contributed by atoms with Gasteiger partial charge in [-0.2, -0.15) is 0 Å². The zero-order valence-corrected chi connectivity index (χ0v) is 18.6. The molecule has 0 aromatic heterocycles. The fraction of sp³-hybridized carbons (Fsp3) is 0.556. The Labute approximate surface area is 177 Å². The van der Waals surface area contributed by atoms with Crippen molar-refractivity contribution in [3.05, 3.63) is 29.8 Å². The minimum Gasteiger partial charge on any atom is -0.357 e.